The summed E-state index contributed by atoms with van der Waals surface area (Å²) in [4.78, 5) is 14.2. The van der Waals surface area contributed by atoms with Gasteiger partial charge in [0, 0.05) is 19.3 Å². The molecular formula is C20H22ClNO3S. The second-order valence-corrected chi connectivity index (χ2v) is 7.66. The minimum absolute atomic E-state index is 0.113. The van der Waals surface area contributed by atoms with Crippen LogP contribution in [0.15, 0.2) is 36.4 Å². The third-order valence-electron chi connectivity index (χ3n) is 4.25. The van der Waals surface area contributed by atoms with Crippen LogP contribution in [-0.4, -0.2) is 36.8 Å². The molecule has 6 heteroatoms. The van der Waals surface area contributed by atoms with Crippen molar-refractivity contribution in [3.63, 3.8) is 0 Å². The van der Waals surface area contributed by atoms with Crippen molar-refractivity contribution in [3.05, 3.63) is 58.1 Å². The molecule has 26 heavy (non-hydrogen) atoms. The first-order valence-corrected chi connectivity index (χ1v) is 10.0. The standard InChI is InChI=1S/C20H22ClNO3S/c1-14-5-3-4-6-16(14)11-22(2)19(23)13-26-12-15-9-17(21)20-18(10-15)24-7-8-25-20/h3-6,9-10H,7-8,11-13H2,1-2H3. The summed E-state index contributed by atoms with van der Waals surface area (Å²) in [6.45, 7) is 3.74. The molecular weight excluding hydrogens is 370 g/mol. The van der Waals surface area contributed by atoms with E-state index in [-0.39, 0.29) is 5.91 Å². The molecule has 3 rings (SSSR count). The van der Waals surface area contributed by atoms with Crippen molar-refractivity contribution < 1.29 is 14.3 Å². The molecule has 0 aliphatic carbocycles. The number of thioether (sulfide) groups is 1. The lowest BCUT2D eigenvalue weighted by molar-refractivity contribution is -0.127. The van der Waals surface area contributed by atoms with E-state index in [1.54, 1.807) is 16.7 Å². The van der Waals surface area contributed by atoms with E-state index in [2.05, 4.69) is 19.1 Å². The number of carbonyl (C=O) groups excluding carboxylic acids is 1. The molecule has 0 aromatic heterocycles. The predicted octanol–water partition coefficient (Wildman–Crippen LogP) is 4.31. The van der Waals surface area contributed by atoms with Crippen molar-refractivity contribution in [2.45, 2.75) is 19.2 Å². The summed E-state index contributed by atoms with van der Waals surface area (Å²) in [7, 11) is 1.84. The van der Waals surface area contributed by atoms with E-state index in [1.807, 2.05) is 31.3 Å². The van der Waals surface area contributed by atoms with Gasteiger partial charge in [-0.25, -0.2) is 0 Å². The molecule has 4 nitrogen and oxygen atoms in total. The van der Waals surface area contributed by atoms with Gasteiger partial charge in [-0.1, -0.05) is 35.9 Å². The molecule has 0 saturated carbocycles. The monoisotopic (exact) mass is 391 g/mol. The molecule has 1 heterocycles. The maximum Gasteiger partial charge on any atom is 0.232 e. The zero-order valence-electron chi connectivity index (χ0n) is 15.0. The number of benzene rings is 2. The molecule has 138 valence electrons. The van der Waals surface area contributed by atoms with Crippen molar-refractivity contribution in [1.29, 1.82) is 0 Å². The smallest absolute Gasteiger partial charge is 0.232 e. The molecule has 0 saturated heterocycles. The SMILES string of the molecule is Cc1ccccc1CN(C)C(=O)CSCc1cc(Cl)c2c(c1)OCCO2. The summed E-state index contributed by atoms with van der Waals surface area (Å²) >= 11 is 7.83. The summed E-state index contributed by atoms with van der Waals surface area (Å²) in [5.74, 6) is 2.53. The van der Waals surface area contributed by atoms with Gasteiger partial charge in [-0.2, -0.15) is 0 Å². The lowest BCUT2D eigenvalue weighted by Gasteiger charge is -2.20. The third kappa shape index (κ3) is 4.65. The van der Waals surface area contributed by atoms with Gasteiger partial charge in [0.1, 0.15) is 13.2 Å². The van der Waals surface area contributed by atoms with Gasteiger partial charge in [0.25, 0.3) is 0 Å². The quantitative estimate of drug-likeness (QED) is 0.735. The van der Waals surface area contributed by atoms with Crippen LogP contribution < -0.4 is 9.47 Å². The number of aryl methyl sites for hydroxylation is 1. The van der Waals surface area contributed by atoms with Gasteiger partial charge in [0.15, 0.2) is 11.5 Å². The third-order valence-corrected chi connectivity index (χ3v) is 5.51. The molecule has 0 N–H and O–H groups in total. The van der Waals surface area contributed by atoms with Crippen LogP contribution in [0, 0.1) is 6.92 Å². The molecule has 0 bridgehead atoms. The fourth-order valence-electron chi connectivity index (χ4n) is 2.75. The Morgan fingerprint density at radius 3 is 2.81 bits per heavy atom. The van der Waals surface area contributed by atoms with Crippen LogP contribution >= 0.6 is 23.4 Å². The van der Waals surface area contributed by atoms with Crippen molar-refractivity contribution in [2.24, 2.45) is 0 Å². The fourth-order valence-corrected chi connectivity index (χ4v) is 3.93. The number of hydrogen-bond acceptors (Lipinski definition) is 4. The first kappa shape index (κ1) is 18.9. The molecule has 0 radical (unpaired) electrons. The molecule has 2 aromatic rings. The molecule has 1 amide bonds. The Morgan fingerprint density at radius 2 is 2.00 bits per heavy atom. The zero-order chi connectivity index (χ0) is 18.5. The van der Waals surface area contributed by atoms with Gasteiger partial charge >= 0.3 is 0 Å². The van der Waals surface area contributed by atoms with Gasteiger partial charge < -0.3 is 14.4 Å². The van der Waals surface area contributed by atoms with Crippen LogP contribution in [0.5, 0.6) is 11.5 Å². The number of nitrogens with zero attached hydrogens (tertiary/aromatic N) is 1. The molecule has 1 aliphatic heterocycles. The molecule has 0 spiro atoms. The maximum absolute atomic E-state index is 12.4. The van der Waals surface area contributed by atoms with Gasteiger partial charge in [-0.15, -0.1) is 11.8 Å². The van der Waals surface area contributed by atoms with Crippen LogP contribution in [0.4, 0.5) is 0 Å². The number of carbonyl (C=O) groups is 1. The minimum Gasteiger partial charge on any atom is -0.486 e. The Kier molecular flexibility index (Phi) is 6.33. The number of rotatable bonds is 6. The normalized spacial score (nSPS) is 12.7. The van der Waals surface area contributed by atoms with Crippen molar-refractivity contribution >= 4 is 29.3 Å². The Bertz CT molecular complexity index is 797. The first-order valence-electron chi connectivity index (χ1n) is 8.49. The number of ether oxygens (including phenoxy) is 2. The number of fused-ring (bicyclic) bond motifs is 1. The Labute approximate surface area is 163 Å². The highest BCUT2D eigenvalue weighted by Gasteiger charge is 2.17. The van der Waals surface area contributed by atoms with E-state index < -0.39 is 0 Å². The number of amides is 1. The Hall–Kier alpha value is -1.85. The van der Waals surface area contributed by atoms with Gasteiger partial charge in [0.2, 0.25) is 5.91 Å². The van der Waals surface area contributed by atoms with Crippen LogP contribution in [0.3, 0.4) is 0 Å². The van der Waals surface area contributed by atoms with Crippen LogP contribution in [-0.2, 0) is 17.1 Å². The lowest BCUT2D eigenvalue weighted by atomic mass is 10.1. The highest BCUT2D eigenvalue weighted by Crippen LogP contribution is 2.39. The zero-order valence-corrected chi connectivity index (χ0v) is 16.5. The van der Waals surface area contributed by atoms with E-state index in [1.165, 1.54) is 11.1 Å². The summed E-state index contributed by atoms with van der Waals surface area (Å²) in [5, 5.41) is 0.556. The summed E-state index contributed by atoms with van der Waals surface area (Å²) in [6, 6.07) is 12.0. The van der Waals surface area contributed by atoms with Gasteiger partial charge in [-0.3, -0.25) is 4.79 Å². The van der Waals surface area contributed by atoms with Crippen LogP contribution in [0.1, 0.15) is 16.7 Å². The number of halogens is 1. The molecule has 1 aliphatic rings. The number of hydrogen-bond donors (Lipinski definition) is 0. The first-order chi connectivity index (χ1) is 12.5. The summed E-state index contributed by atoms with van der Waals surface area (Å²) in [6.07, 6.45) is 0. The van der Waals surface area contributed by atoms with Crippen molar-refractivity contribution in [1.82, 2.24) is 4.90 Å². The average Bonchev–Trinajstić information content (AvgIpc) is 2.63. The molecule has 0 fully saturated rings. The second-order valence-electron chi connectivity index (χ2n) is 6.27. The highest BCUT2D eigenvalue weighted by molar-refractivity contribution is 7.99. The predicted molar refractivity (Wildman–Crippen MR) is 106 cm³/mol. The van der Waals surface area contributed by atoms with Crippen LogP contribution in [0.2, 0.25) is 5.02 Å². The Balaban J connectivity index is 1.52. The van der Waals surface area contributed by atoms with E-state index in [4.69, 9.17) is 21.1 Å². The molecule has 2 aromatic carbocycles. The topological polar surface area (TPSA) is 38.8 Å². The van der Waals surface area contributed by atoms with Gasteiger partial charge in [0.05, 0.1) is 10.8 Å². The minimum atomic E-state index is 0.113. The van der Waals surface area contributed by atoms with Crippen LogP contribution in [0.25, 0.3) is 0 Å². The molecule has 0 atom stereocenters. The highest BCUT2D eigenvalue weighted by atomic mass is 35.5. The second kappa shape index (κ2) is 8.69. The lowest BCUT2D eigenvalue weighted by Crippen LogP contribution is -2.28. The largest absolute Gasteiger partial charge is 0.486 e. The van der Waals surface area contributed by atoms with E-state index in [9.17, 15) is 4.79 Å². The van der Waals surface area contributed by atoms with E-state index in [0.29, 0.717) is 47.8 Å². The van der Waals surface area contributed by atoms with Crippen molar-refractivity contribution in [3.8, 4) is 11.5 Å². The molecule has 0 unspecified atom stereocenters. The van der Waals surface area contributed by atoms with E-state index >= 15 is 0 Å². The summed E-state index contributed by atoms with van der Waals surface area (Å²) < 4.78 is 11.1. The van der Waals surface area contributed by atoms with Crippen molar-refractivity contribution in [2.75, 3.05) is 26.0 Å². The van der Waals surface area contributed by atoms with E-state index in [0.717, 1.165) is 5.56 Å². The fraction of sp³-hybridized carbons (Fsp3) is 0.350. The van der Waals surface area contributed by atoms with Gasteiger partial charge in [-0.05, 0) is 35.7 Å². The Morgan fingerprint density at radius 1 is 1.23 bits per heavy atom. The maximum atomic E-state index is 12.4. The average molecular weight is 392 g/mol. The summed E-state index contributed by atoms with van der Waals surface area (Å²) in [5.41, 5.74) is 3.40.